The minimum Gasteiger partial charge on any atom is -0.0733 e. The second-order valence-electron chi connectivity index (χ2n) is 4.96. The van der Waals surface area contributed by atoms with Crippen LogP contribution in [-0.4, -0.2) is 0 Å². The average molecular weight is 228 g/mol. The summed E-state index contributed by atoms with van der Waals surface area (Å²) < 4.78 is 0. The Morgan fingerprint density at radius 1 is 1.12 bits per heavy atom. The number of hydrogen-bond acceptors (Lipinski definition) is 0. The summed E-state index contributed by atoms with van der Waals surface area (Å²) in [6.07, 6.45) is 3.44. The molecule has 0 amide bonds. The van der Waals surface area contributed by atoms with Gasteiger partial charge in [-0.2, -0.15) is 0 Å². The average Bonchev–Trinajstić information content (AvgIpc) is 2.29. The molecule has 0 bridgehead atoms. The zero-order valence-corrected chi connectivity index (χ0v) is 11.7. The standard InChI is InChI=1S/C17H24/c1-6-14(4)12-15(5)17(13(2)3)16-10-8-7-9-11-16/h7-13H,6H2,1-5H3/b14-12?,17-15+. The van der Waals surface area contributed by atoms with Gasteiger partial charge < -0.3 is 0 Å². The highest BCUT2D eigenvalue weighted by Gasteiger charge is 2.08. The van der Waals surface area contributed by atoms with Crippen LogP contribution in [0.1, 0.15) is 46.6 Å². The van der Waals surface area contributed by atoms with Crippen LogP contribution in [0, 0.1) is 5.92 Å². The largest absolute Gasteiger partial charge is 0.0733 e. The lowest BCUT2D eigenvalue weighted by Crippen LogP contribution is -1.96. The van der Waals surface area contributed by atoms with E-state index in [4.69, 9.17) is 0 Å². The van der Waals surface area contributed by atoms with E-state index in [0.717, 1.165) is 6.42 Å². The molecule has 1 aromatic carbocycles. The van der Waals surface area contributed by atoms with Crippen LogP contribution >= 0.6 is 0 Å². The van der Waals surface area contributed by atoms with Gasteiger partial charge in [0.2, 0.25) is 0 Å². The van der Waals surface area contributed by atoms with Crippen LogP contribution in [0.3, 0.4) is 0 Å². The Morgan fingerprint density at radius 3 is 2.18 bits per heavy atom. The first-order valence-electron chi connectivity index (χ1n) is 6.49. The molecule has 92 valence electrons. The number of allylic oxidation sites excluding steroid dienone is 4. The van der Waals surface area contributed by atoms with E-state index in [0.29, 0.717) is 5.92 Å². The molecule has 0 radical (unpaired) electrons. The van der Waals surface area contributed by atoms with Crippen LogP contribution in [0.5, 0.6) is 0 Å². The van der Waals surface area contributed by atoms with Gasteiger partial charge in [0.25, 0.3) is 0 Å². The highest BCUT2D eigenvalue weighted by atomic mass is 14.1. The molecule has 0 fully saturated rings. The van der Waals surface area contributed by atoms with Gasteiger partial charge >= 0.3 is 0 Å². The van der Waals surface area contributed by atoms with Gasteiger partial charge in [-0.25, -0.2) is 0 Å². The summed E-state index contributed by atoms with van der Waals surface area (Å²) in [5.41, 5.74) is 5.64. The molecule has 0 aliphatic heterocycles. The van der Waals surface area contributed by atoms with Gasteiger partial charge in [-0.05, 0) is 42.9 Å². The lowest BCUT2D eigenvalue weighted by molar-refractivity contribution is 0.849. The lowest BCUT2D eigenvalue weighted by atomic mass is 9.90. The van der Waals surface area contributed by atoms with Crippen molar-refractivity contribution in [3.05, 3.63) is 53.1 Å². The molecule has 1 rings (SSSR count). The van der Waals surface area contributed by atoms with Crippen LogP contribution < -0.4 is 0 Å². The van der Waals surface area contributed by atoms with E-state index in [-0.39, 0.29) is 0 Å². The molecule has 1 aromatic rings. The lowest BCUT2D eigenvalue weighted by Gasteiger charge is -2.15. The Bertz CT molecular complexity index is 405. The summed E-state index contributed by atoms with van der Waals surface area (Å²) in [4.78, 5) is 0. The van der Waals surface area contributed by atoms with Crippen LogP contribution in [0.25, 0.3) is 5.57 Å². The summed E-state index contributed by atoms with van der Waals surface area (Å²) >= 11 is 0. The Labute approximate surface area is 106 Å². The van der Waals surface area contributed by atoms with Crippen molar-refractivity contribution in [2.75, 3.05) is 0 Å². The Kier molecular flexibility index (Phi) is 5.21. The Morgan fingerprint density at radius 2 is 1.71 bits per heavy atom. The molecule has 17 heavy (non-hydrogen) atoms. The summed E-state index contributed by atoms with van der Waals surface area (Å²) in [5.74, 6) is 0.554. The van der Waals surface area contributed by atoms with Gasteiger partial charge in [0, 0.05) is 0 Å². The highest BCUT2D eigenvalue weighted by molar-refractivity contribution is 5.71. The first kappa shape index (κ1) is 13.8. The third kappa shape index (κ3) is 3.89. The molecule has 0 saturated carbocycles. The molecule has 0 nitrogen and oxygen atoms in total. The van der Waals surface area contributed by atoms with Crippen molar-refractivity contribution in [3.8, 4) is 0 Å². The van der Waals surface area contributed by atoms with Crippen molar-refractivity contribution in [1.82, 2.24) is 0 Å². The van der Waals surface area contributed by atoms with E-state index in [2.05, 4.69) is 71.0 Å². The third-order valence-electron chi connectivity index (χ3n) is 3.11. The SMILES string of the molecule is CCC(C)=C/C(C)=C(/c1ccccc1)C(C)C. The molecular formula is C17H24. The summed E-state index contributed by atoms with van der Waals surface area (Å²) in [7, 11) is 0. The second kappa shape index (κ2) is 6.44. The van der Waals surface area contributed by atoms with Crippen molar-refractivity contribution < 1.29 is 0 Å². The minimum atomic E-state index is 0.554. The maximum Gasteiger partial charge on any atom is -0.0210 e. The first-order valence-corrected chi connectivity index (χ1v) is 6.49. The molecule has 0 aromatic heterocycles. The quantitative estimate of drug-likeness (QED) is 0.599. The van der Waals surface area contributed by atoms with Crippen molar-refractivity contribution in [2.24, 2.45) is 5.92 Å². The predicted molar refractivity (Wildman–Crippen MR) is 77.9 cm³/mol. The maximum atomic E-state index is 2.32. The van der Waals surface area contributed by atoms with Crippen molar-refractivity contribution in [1.29, 1.82) is 0 Å². The van der Waals surface area contributed by atoms with Gasteiger partial charge in [-0.3, -0.25) is 0 Å². The molecule has 0 heteroatoms. The van der Waals surface area contributed by atoms with E-state index < -0.39 is 0 Å². The summed E-state index contributed by atoms with van der Waals surface area (Å²) in [5, 5.41) is 0. The smallest absolute Gasteiger partial charge is 0.0210 e. The number of benzene rings is 1. The monoisotopic (exact) mass is 228 g/mol. The van der Waals surface area contributed by atoms with E-state index in [1.54, 1.807) is 0 Å². The second-order valence-corrected chi connectivity index (χ2v) is 4.96. The molecule has 0 heterocycles. The van der Waals surface area contributed by atoms with Gasteiger partial charge in [0.1, 0.15) is 0 Å². The molecule has 0 atom stereocenters. The van der Waals surface area contributed by atoms with Crippen molar-refractivity contribution >= 4 is 5.57 Å². The van der Waals surface area contributed by atoms with Crippen LogP contribution in [0.15, 0.2) is 47.6 Å². The molecule has 0 N–H and O–H groups in total. The Balaban J connectivity index is 3.22. The first-order chi connectivity index (χ1) is 8.06. The van der Waals surface area contributed by atoms with Gasteiger partial charge in [0.15, 0.2) is 0 Å². The molecule has 0 saturated heterocycles. The third-order valence-corrected chi connectivity index (χ3v) is 3.11. The topological polar surface area (TPSA) is 0 Å². The fourth-order valence-corrected chi connectivity index (χ4v) is 2.18. The van der Waals surface area contributed by atoms with Crippen LogP contribution in [0.2, 0.25) is 0 Å². The molecule has 0 spiro atoms. The fraction of sp³-hybridized carbons (Fsp3) is 0.412. The van der Waals surface area contributed by atoms with Crippen molar-refractivity contribution in [3.63, 3.8) is 0 Å². The van der Waals surface area contributed by atoms with Gasteiger partial charge in [0.05, 0.1) is 0 Å². The zero-order chi connectivity index (χ0) is 12.8. The number of rotatable bonds is 4. The zero-order valence-electron chi connectivity index (χ0n) is 11.7. The maximum absolute atomic E-state index is 2.32. The fourth-order valence-electron chi connectivity index (χ4n) is 2.18. The molecular weight excluding hydrogens is 204 g/mol. The molecule has 0 aliphatic rings. The van der Waals surface area contributed by atoms with E-state index in [9.17, 15) is 0 Å². The minimum absolute atomic E-state index is 0.554. The van der Waals surface area contributed by atoms with Crippen LogP contribution in [0.4, 0.5) is 0 Å². The summed E-state index contributed by atoms with van der Waals surface area (Å²) in [6, 6.07) is 10.7. The van der Waals surface area contributed by atoms with E-state index in [1.165, 1.54) is 22.3 Å². The number of hydrogen-bond donors (Lipinski definition) is 0. The molecule has 0 unspecified atom stereocenters. The Hall–Kier alpha value is -1.30. The van der Waals surface area contributed by atoms with E-state index in [1.807, 2.05) is 0 Å². The van der Waals surface area contributed by atoms with Gasteiger partial charge in [-0.15, -0.1) is 0 Å². The van der Waals surface area contributed by atoms with Crippen molar-refractivity contribution in [2.45, 2.75) is 41.0 Å². The van der Waals surface area contributed by atoms with Gasteiger partial charge in [-0.1, -0.05) is 62.8 Å². The summed E-state index contributed by atoms with van der Waals surface area (Å²) in [6.45, 7) is 11.2. The molecule has 0 aliphatic carbocycles. The highest BCUT2D eigenvalue weighted by Crippen LogP contribution is 2.27. The predicted octanol–water partition coefficient (Wildman–Crippen LogP) is 5.47. The van der Waals surface area contributed by atoms with E-state index >= 15 is 0 Å². The normalized spacial score (nSPS) is 13.9. The van der Waals surface area contributed by atoms with Crippen LogP contribution in [-0.2, 0) is 0 Å².